The highest BCUT2D eigenvalue weighted by molar-refractivity contribution is 9.09. The Kier molecular flexibility index (Phi) is 3.91. The van der Waals surface area contributed by atoms with Gasteiger partial charge in [0.25, 0.3) is 0 Å². The van der Waals surface area contributed by atoms with Gasteiger partial charge in [-0.05, 0) is 11.4 Å². The maximum Gasteiger partial charge on any atom is 0.0835 e. The van der Waals surface area contributed by atoms with Gasteiger partial charge in [-0.2, -0.15) is 0 Å². The molecule has 0 atom stereocenters. The quantitative estimate of drug-likeness (QED) is 0.791. The van der Waals surface area contributed by atoms with Crippen molar-refractivity contribution in [3.05, 3.63) is 34.3 Å². The van der Waals surface area contributed by atoms with E-state index in [0.717, 1.165) is 30.4 Å². The summed E-state index contributed by atoms with van der Waals surface area (Å²) in [4.78, 5) is 1.40. The zero-order chi connectivity index (χ0) is 10.5. The Labute approximate surface area is 101 Å². The molecule has 0 spiro atoms. The number of hydrogen-bond acceptors (Lipinski definition) is 3. The molecular weight excluding hydrogens is 274 g/mol. The maximum atomic E-state index is 4.09. The number of hydrogen-bond donors (Lipinski definition) is 0. The highest BCUT2D eigenvalue weighted by Crippen LogP contribution is 2.09. The van der Waals surface area contributed by atoms with Gasteiger partial charge in [0.15, 0.2) is 0 Å². The van der Waals surface area contributed by atoms with Crippen molar-refractivity contribution in [2.45, 2.75) is 19.4 Å². The molecule has 0 aliphatic heterocycles. The Morgan fingerprint density at radius 3 is 3.07 bits per heavy atom. The molecule has 5 heteroatoms. The Morgan fingerprint density at radius 1 is 1.40 bits per heavy atom. The second-order valence-corrected chi connectivity index (χ2v) is 5.07. The molecule has 0 saturated heterocycles. The Bertz CT molecular complexity index is 396. The number of alkyl halides is 1. The minimum absolute atomic E-state index is 0.912. The molecule has 15 heavy (non-hydrogen) atoms. The number of rotatable bonds is 5. The fourth-order valence-corrected chi connectivity index (χ4v) is 2.44. The molecule has 0 amide bonds. The molecule has 0 bridgehead atoms. The molecular formula is C10H12BrN3S. The first-order chi connectivity index (χ1) is 7.38. The molecule has 0 aliphatic rings. The summed E-state index contributed by atoms with van der Waals surface area (Å²) >= 11 is 5.18. The topological polar surface area (TPSA) is 30.7 Å². The standard InChI is InChI=1S/C10H12BrN3S/c11-5-3-9-8-14(13-12-9)6-4-10-2-1-7-15-10/h1-2,7-8H,3-6H2. The third-order valence-corrected chi connectivity index (χ3v) is 3.44. The van der Waals surface area contributed by atoms with E-state index in [2.05, 4.69) is 43.8 Å². The van der Waals surface area contributed by atoms with E-state index in [1.54, 1.807) is 11.3 Å². The number of nitrogens with zero attached hydrogens (tertiary/aromatic N) is 3. The van der Waals surface area contributed by atoms with Crippen molar-refractivity contribution in [2.75, 3.05) is 5.33 Å². The highest BCUT2D eigenvalue weighted by Gasteiger charge is 2.00. The molecule has 0 saturated carbocycles. The first-order valence-corrected chi connectivity index (χ1v) is 6.86. The van der Waals surface area contributed by atoms with E-state index in [4.69, 9.17) is 0 Å². The van der Waals surface area contributed by atoms with Crippen molar-refractivity contribution in [3.63, 3.8) is 0 Å². The van der Waals surface area contributed by atoms with Crippen LogP contribution in [0.4, 0.5) is 0 Å². The van der Waals surface area contributed by atoms with Crippen molar-refractivity contribution >= 4 is 27.3 Å². The number of thiophene rings is 1. The summed E-state index contributed by atoms with van der Waals surface area (Å²) in [7, 11) is 0. The Balaban J connectivity index is 1.88. The summed E-state index contributed by atoms with van der Waals surface area (Å²) in [6.45, 7) is 0.912. The van der Waals surface area contributed by atoms with E-state index >= 15 is 0 Å². The molecule has 0 N–H and O–H groups in total. The summed E-state index contributed by atoms with van der Waals surface area (Å²) in [5.74, 6) is 0. The van der Waals surface area contributed by atoms with Crippen LogP contribution in [0.5, 0.6) is 0 Å². The third-order valence-electron chi connectivity index (χ3n) is 2.10. The van der Waals surface area contributed by atoms with E-state index in [9.17, 15) is 0 Å². The van der Waals surface area contributed by atoms with E-state index in [-0.39, 0.29) is 0 Å². The minimum Gasteiger partial charge on any atom is -0.252 e. The van der Waals surface area contributed by atoms with Gasteiger partial charge in [-0.25, -0.2) is 0 Å². The average molecular weight is 286 g/mol. The highest BCUT2D eigenvalue weighted by atomic mass is 79.9. The van der Waals surface area contributed by atoms with Crippen LogP contribution in [0.3, 0.4) is 0 Å². The number of aryl methyl sites for hydroxylation is 3. The zero-order valence-electron chi connectivity index (χ0n) is 8.27. The van der Waals surface area contributed by atoms with Crippen LogP contribution >= 0.6 is 27.3 Å². The smallest absolute Gasteiger partial charge is 0.0835 e. The van der Waals surface area contributed by atoms with Crippen LogP contribution in [-0.2, 0) is 19.4 Å². The molecule has 2 aromatic heterocycles. The van der Waals surface area contributed by atoms with Crippen LogP contribution in [-0.4, -0.2) is 20.3 Å². The molecule has 3 nitrogen and oxygen atoms in total. The minimum atomic E-state index is 0.912. The van der Waals surface area contributed by atoms with Crippen molar-refractivity contribution in [2.24, 2.45) is 0 Å². The molecule has 2 heterocycles. The van der Waals surface area contributed by atoms with Gasteiger partial charge < -0.3 is 0 Å². The Hall–Kier alpha value is -0.680. The fraction of sp³-hybridized carbons (Fsp3) is 0.400. The van der Waals surface area contributed by atoms with Crippen LogP contribution in [0, 0.1) is 0 Å². The van der Waals surface area contributed by atoms with Crippen molar-refractivity contribution in [1.29, 1.82) is 0 Å². The predicted octanol–water partition coefficient (Wildman–Crippen LogP) is 2.52. The van der Waals surface area contributed by atoms with Gasteiger partial charge in [-0.15, -0.1) is 16.4 Å². The van der Waals surface area contributed by atoms with Crippen LogP contribution in [0.25, 0.3) is 0 Å². The summed E-state index contributed by atoms with van der Waals surface area (Å²) in [5, 5.41) is 11.2. The molecule has 0 unspecified atom stereocenters. The molecule has 2 rings (SSSR count). The largest absolute Gasteiger partial charge is 0.252 e. The first kappa shape index (κ1) is 10.8. The number of halogens is 1. The lowest BCUT2D eigenvalue weighted by Crippen LogP contribution is -2.00. The van der Waals surface area contributed by atoms with Gasteiger partial charge in [0, 0.05) is 35.8 Å². The maximum absolute atomic E-state index is 4.09. The lowest BCUT2D eigenvalue weighted by molar-refractivity contribution is 0.592. The molecule has 0 aromatic carbocycles. The van der Waals surface area contributed by atoms with E-state index in [1.807, 2.05) is 10.9 Å². The van der Waals surface area contributed by atoms with Gasteiger partial charge >= 0.3 is 0 Å². The monoisotopic (exact) mass is 285 g/mol. The van der Waals surface area contributed by atoms with Crippen molar-refractivity contribution < 1.29 is 0 Å². The molecule has 0 fully saturated rings. The molecule has 80 valence electrons. The van der Waals surface area contributed by atoms with E-state index in [1.165, 1.54) is 4.88 Å². The van der Waals surface area contributed by atoms with Gasteiger partial charge in [0.2, 0.25) is 0 Å². The Morgan fingerprint density at radius 2 is 2.33 bits per heavy atom. The second-order valence-electron chi connectivity index (χ2n) is 3.24. The molecule has 0 radical (unpaired) electrons. The van der Waals surface area contributed by atoms with E-state index < -0.39 is 0 Å². The molecule has 2 aromatic rings. The summed E-state index contributed by atoms with van der Waals surface area (Å²) in [5.41, 5.74) is 1.05. The van der Waals surface area contributed by atoms with Crippen LogP contribution in [0.15, 0.2) is 23.7 Å². The second kappa shape index (κ2) is 5.42. The average Bonchev–Trinajstić information content (AvgIpc) is 2.85. The summed E-state index contributed by atoms with van der Waals surface area (Å²) in [6, 6.07) is 4.23. The third kappa shape index (κ3) is 3.14. The summed E-state index contributed by atoms with van der Waals surface area (Å²) in [6.07, 6.45) is 4.00. The van der Waals surface area contributed by atoms with Crippen molar-refractivity contribution in [3.8, 4) is 0 Å². The van der Waals surface area contributed by atoms with Gasteiger partial charge in [0.05, 0.1) is 5.69 Å². The van der Waals surface area contributed by atoms with E-state index in [0.29, 0.717) is 0 Å². The predicted molar refractivity (Wildman–Crippen MR) is 65.5 cm³/mol. The molecule has 0 aliphatic carbocycles. The van der Waals surface area contributed by atoms with Crippen LogP contribution in [0.1, 0.15) is 10.6 Å². The SMILES string of the molecule is BrCCc1cn(CCc2cccs2)nn1. The van der Waals surface area contributed by atoms with Gasteiger partial charge in [-0.3, -0.25) is 4.68 Å². The zero-order valence-corrected chi connectivity index (χ0v) is 10.7. The van der Waals surface area contributed by atoms with Crippen LogP contribution in [0.2, 0.25) is 0 Å². The lowest BCUT2D eigenvalue weighted by atomic mass is 10.3. The van der Waals surface area contributed by atoms with Gasteiger partial charge in [-0.1, -0.05) is 27.2 Å². The summed E-state index contributed by atoms with van der Waals surface area (Å²) < 4.78 is 1.91. The van der Waals surface area contributed by atoms with Crippen LogP contribution < -0.4 is 0 Å². The fourth-order valence-electron chi connectivity index (χ4n) is 1.34. The normalized spacial score (nSPS) is 10.7. The first-order valence-electron chi connectivity index (χ1n) is 4.86. The van der Waals surface area contributed by atoms with Gasteiger partial charge in [0.1, 0.15) is 0 Å². The number of aromatic nitrogens is 3. The lowest BCUT2D eigenvalue weighted by Gasteiger charge is -1.96. The van der Waals surface area contributed by atoms with Crippen molar-refractivity contribution in [1.82, 2.24) is 15.0 Å².